The zero-order chi connectivity index (χ0) is 14.7. The number of amides is 1. The summed E-state index contributed by atoms with van der Waals surface area (Å²) >= 11 is 21.7. The Morgan fingerprint density at radius 2 is 1.84 bits per heavy atom. The summed E-state index contributed by atoms with van der Waals surface area (Å²) in [5.41, 5.74) is 0. The van der Waals surface area contributed by atoms with Gasteiger partial charge in [0, 0.05) is 0 Å². The summed E-state index contributed by atoms with van der Waals surface area (Å²) in [7, 11) is -4.14. The van der Waals surface area contributed by atoms with E-state index >= 15 is 0 Å². The Morgan fingerprint density at radius 1 is 1.26 bits per heavy atom. The molecular weight excluding hydrogens is 360 g/mol. The molecule has 5 nitrogen and oxygen atoms in total. The van der Waals surface area contributed by atoms with Crippen molar-refractivity contribution in [2.24, 2.45) is 0 Å². The number of carbonyl (C=O) groups excluding carboxylic acids is 1. The van der Waals surface area contributed by atoms with E-state index in [0.29, 0.717) is 0 Å². The van der Waals surface area contributed by atoms with E-state index in [1.165, 1.54) is 18.2 Å². The van der Waals surface area contributed by atoms with Crippen LogP contribution in [0.1, 0.15) is 0 Å². The van der Waals surface area contributed by atoms with Crippen LogP contribution < -0.4 is 4.72 Å². The Balaban J connectivity index is 2.76. The zero-order valence-corrected chi connectivity index (χ0v) is 12.9. The van der Waals surface area contributed by atoms with E-state index < -0.39 is 26.5 Å². The van der Waals surface area contributed by atoms with Crippen LogP contribution in [0.4, 0.5) is 4.79 Å². The third-order valence-corrected chi connectivity index (χ3v) is 3.85. The molecule has 0 saturated carbocycles. The molecule has 0 fully saturated rings. The van der Waals surface area contributed by atoms with E-state index in [9.17, 15) is 13.2 Å². The Morgan fingerprint density at radius 3 is 2.37 bits per heavy atom. The van der Waals surface area contributed by atoms with Crippen LogP contribution in [0.3, 0.4) is 0 Å². The fraction of sp³-hybridized carbons (Fsp3) is 0.222. The van der Waals surface area contributed by atoms with Crippen molar-refractivity contribution in [1.29, 1.82) is 0 Å². The van der Waals surface area contributed by atoms with Gasteiger partial charge >= 0.3 is 6.09 Å². The van der Waals surface area contributed by atoms with E-state index in [1.54, 1.807) is 10.8 Å². The fourth-order valence-electron chi connectivity index (χ4n) is 1.00. The first-order valence-corrected chi connectivity index (χ1v) is 7.62. The molecule has 106 valence electrons. The maximum absolute atomic E-state index is 11.8. The Labute approximate surface area is 129 Å². The number of sulfonamides is 1. The molecule has 0 atom stereocenters. The molecule has 10 heteroatoms. The van der Waals surface area contributed by atoms with E-state index in [1.807, 2.05) is 0 Å². The van der Waals surface area contributed by atoms with E-state index in [-0.39, 0.29) is 9.92 Å². The number of nitrogens with one attached hydrogen (secondary N) is 1. The maximum atomic E-state index is 11.8. The maximum Gasteiger partial charge on any atom is 0.421 e. The van der Waals surface area contributed by atoms with Crippen LogP contribution >= 0.6 is 46.4 Å². The summed E-state index contributed by atoms with van der Waals surface area (Å²) in [5.74, 6) is 0. The van der Waals surface area contributed by atoms with Gasteiger partial charge in [-0.3, -0.25) is 0 Å². The molecule has 0 saturated heterocycles. The number of rotatable bonds is 3. The van der Waals surface area contributed by atoms with Crippen molar-refractivity contribution in [3.8, 4) is 0 Å². The number of hydrogen-bond acceptors (Lipinski definition) is 4. The van der Waals surface area contributed by atoms with Gasteiger partial charge in [0.2, 0.25) is 3.79 Å². The molecule has 0 aromatic heterocycles. The summed E-state index contributed by atoms with van der Waals surface area (Å²) in [6, 6.07) is 5.59. The van der Waals surface area contributed by atoms with Gasteiger partial charge < -0.3 is 4.74 Å². The van der Waals surface area contributed by atoms with Gasteiger partial charge in [0.25, 0.3) is 10.0 Å². The van der Waals surface area contributed by atoms with Gasteiger partial charge in [0.05, 0.1) is 5.02 Å². The van der Waals surface area contributed by atoms with E-state index in [4.69, 9.17) is 46.4 Å². The van der Waals surface area contributed by atoms with Crippen molar-refractivity contribution in [3.05, 3.63) is 29.3 Å². The van der Waals surface area contributed by atoms with Gasteiger partial charge in [-0.2, -0.15) is 0 Å². The van der Waals surface area contributed by atoms with Crippen LogP contribution in [-0.2, 0) is 14.8 Å². The minimum absolute atomic E-state index is 0.0378. The predicted molar refractivity (Wildman–Crippen MR) is 73.4 cm³/mol. The van der Waals surface area contributed by atoms with Crippen LogP contribution in [0.15, 0.2) is 29.2 Å². The van der Waals surface area contributed by atoms with Crippen molar-refractivity contribution in [3.63, 3.8) is 0 Å². The molecule has 0 spiro atoms. The highest BCUT2D eigenvalue weighted by molar-refractivity contribution is 7.90. The van der Waals surface area contributed by atoms with Crippen LogP contribution in [0, 0.1) is 0 Å². The molecule has 1 aromatic carbocycles. The third-order valence-electron chi connectivity index (χ3n) is 1.71. The Kier molecular flexibility index (Phi) is 5.58. The number of carbonyl (C=O) groups is 1. The van der Waals surface area contributed by atoms with E-state index in [0.717, 1.165) is 0 Å². The summed E-state index contributed by atoms with van der Waals surface area (Å²) in [5, 5.41) is -0.0378. The van der Waals surface area contributed by atoms with Crippen LogP contribution in [-0.4, -0.2) is 24.9 Å². The molecule has 19 heavy (non-hydrogen) atoms. The average Bonchev–Trinajstić information content (AvgIpc) is 2.25. The van der Waals surface area contributed by atoms with Crippen molar-refractivity contribution < 1.29 is 17.9 Å². The molecule has 0 heterocycles. The molecule has 1 aromatic rings. The molecule has 1 amide bonds. The topological polar surface area (TPSA) is 72.5 Å². The lowest BCUT2D eigenvalue weighted by molar-refractivity contribution is 0.155. The number of hydrogen-bond donors (Lipinski definition) is 1. The summed E-state index contributed by atoms with van der Waals surface area (Å²) in [6.45, 7) is -0.596. The van der Waals surface area contributed by atoms with Gasteiger partial charge in [-0.15, -0.1) is 0 Å². The molecule has 1 rings (SSSR count). The summed E-state index contributed by atoms with van der Waals surface area (Å²) < 4.78 is 27.8. The number of ether oxygens (including phenoxy) is 1. The number of halogens is 4. The second kappa shape index (κ2) is 6.37. The number of alkyl halides is 3. The Hall–Kier alpha value is -0.400. The second-order valence-corrected chi connectivity index (χ2v) is 7.80. The molecule has 0 unspecified atom stereocenters. The van der Waals surface area contributed by atoms with Gasteiger partial charge in [-0.25, -0.2) is 17.9 Å². The second-order valence-electron chi connectivity index (χ2n) is 3.23. The monoisotopic (exact) mass is 365 g/mol. The molecule has 0 aliphatic carbocycles. The van der Waals surface area contributed by atoms with Crippen LogP contribution in [0.5, 0.6) is 0 Å². The summed E-state index contributed by atoms with van der Waals surface area (Å²) in [4.78, 5) is 11.0. The third kappa shape index (κ3) is 5.62. The zero-order valence-electron chi connectivity index (χ0n) is 9.07. The molecule has 0 bridgehead atoms. The Bertz CT molecular complexity index is 570. The van der Waals surface area contributed by atoms with Crippen molar-refractivity contribution >= 4 is 62.5 Å². The highest BCUT2D eigenvalue weighted by atomic mass is 35.6. The van der Waals surface area contributed by atoms with Crippen molar-refractivity contribution in [2.45, 2.75) is 8.69 Å². The lowest BCUT2D eigenvalue weighted by Crippen LogP contribution is -2.33. The average molecular weight is 367 g/mol. The largest absolute Gasteiger partial charge is 0.444 e. The molecule has 0 radical (unpaired) electrons. The molecule has 1 N–H and O–H groups in total. The first kappa shape index (κ1) is 16.7. The first-order valence-electron chi connectivity index (χ1n) is 4.63. The lowest BCUT2D eigenvalue weighted by atomic mass is 10.4. The standard InChI is InChI=1S/C9H7Cl4NO4S/c10-6-3-1-2-4-7(6)19(16,17)14-8(15)18-5-9(11,12)13/h1-4H,5H2,(H,14,15). The minimum Gasteiger partial charge on any atom is -0.444 e. The predicted octanol–water partition coefficient (Wildman–Crippen LogP) is 3.13. The fourth-order valence-corrected chi connectivity index (χ4v) is 2.58. The van der Waals surface area contributed by atoms with Gasteiger partial charge in [-0.05, 0) is 12.1 Å². The SMILES string of the molecule is O=C(NS(=O)(=O)c1ccccc1Cl)OCC(Cl)(Cl)Cl. The smallest absolute Gasteiger partial charge is 0.421 e. The van der Waals surface area contributed by atoms with Gasteiger partial charge in [0.1, 0.15) is 11.5 Å². The van der Waals surface area contributed by atoms with E-state index in [2.05, 4.69) is 4.74 Å². The highest BCUT2D eigenvalue weighted by Crippen LogP contribution is 2.26. The minimum atomic E-state index is -4.14. The van der Waals surface area contributed by atoms with Crippen LogP contribution in [0.2, 0.25) is 5.02 Å². The number of benzene rings is 1. The van der Waals surface area contributed by atoms with Gasteiger partial charge in [-0.1, -0.05) is 58.5 Å². The van der Waals surface area contributed by atoms with Crippen molar-refractivity contribution in [1.82, 2.24) is 4.72 Å². The van der Waals surface area contributed by atoms with Gasteiger partial charge in [0.15, 0.2) is 0 Å². The van der Waals surface area contributed by atoms with Crippen molar-refractivity contribution in [2.75, 3.05) is 6.61 Å². The molecule has 0 aliphatic rings. The first-order chi connectivity index (χ1) is 8.62. The lowest BCUT2D eigenvalue weighted by Gasteiger charge is -2.12. The quantitative estimate of drug-likeness (QED) is 0.834. The normalized spacial score (nSPS) is 12.0. The molecule has 0 aliphatic heterocycles. The van der Waals surface area contributed by atoms with Crippen LogP contribution in [0.25, 0.3) is 0 Å². The molecular formula is C9H7Cl4NO4S. The highest BCUT2D eigenvalue weighted by Gasteiger charge is 2.25. The summed E-state index contributed by atoms with van der Waals surface area (Å²) in [6.07, 6.45) is -1.27.